The van der Waals surface area contributed by atoms with E-state index in [0.717, 1.165) is 32.1 Å². The third-order valence-corrected chi connectivity index (χ3v) is 7.48. The molecule has 1 N–H and O–H groups in total. The van der Waals surface area contributed by atoms with Gasteiger partial charge in [0, 0.05) is 18.0 Å². The Morgan fingerprint density at radius 2 is 1.97 bits per heavy atom. The standard InChI is InChI=1S/C23H29FN8O/c1-22-8-5-9-23(2,13-22)19(24)16(11-22)31(3)18-12-25-21(27-26-18)15-7-6-14(10-17(15)33)20-28-30-32(4)29-20/h6-7,10,12,16,19,33H,5,8-9,11,13H2,1-4H3/t16-,19-,22-,23-/m1/s1. The molecule has 0 radical (unpaired) electrons. The maximum absolute atomic E-state index is 15.6. The van der Waals surface area contributed by atoms with Crippen LogP contribution in [0.15, 0.2) is 24.4 Å². The van der Waals surface area contributed by atoms with E-state index in [9.17, 15) is 5.11 Å². The number of halogens is 1. The molecule has 4 atom stereocenters. The van der Waals surface area contributed by atoms with Crippen LogP contribution in [-0.2, 0) is 7.05 Å². The molecule has 2 bridgehead atoms. The summed E-state index contributed by atoms with van der Waals surface area (Å²) in [5, 5.41) is 31.0. The van der Waals surface area contributed by atoms with Crippen molar-refractivity contribution in [2.24, 2.45) is 17.9 Å². The molecule has 0 saturated heterocycles. The van der Waals surface area contributed by atoms with Crippen molar-refractivity contribution in [3.05, 3.63) is 24.4 Å². The molecule has 5 rings (SSSR count). The van der Waals surface area contributed by atoms with E-state index < -0.39 is 6.17 Å². The fourth-order valence-electron chi connectivity index (χ4n) is 5.87. The monoisotopic (exact) mass is 452 g/mol. The zero-order chi connectivity index (χ0) is 23.4. The predicted octanol–water partition coefficient (Wildman–Crippen LogP) is 3.57. The molecule has 0 aliphatic heterocycles. The van der Waals surface area contributed by atoms with Gasteiger partial charge in [0.1, 0.15) is 11.9 Å². The number of hydrogen-bond donors (Lipinski definition) is 1. The molecule has 33 heavy (non-hydrogen) atoms. The smallest absolute Gasteiger partial charge is 0.205 e. The summed E-state index contributed by atoms with van der Waals surface area (Å²) in [4.78, 5) is 7.66. The van der Waals surface area contributed by atoms with Crippen molar-refractivity contribution in [2.45, 2.75) is 58.2 Å². The van der Waals surface area contributed by atoms with E-state index in [2.05, 4.69) is 44.4 Å². The van der Waals surface area contributed by atoms with E-state index in [1.54, 1.807) is 31.4 Å². The first-order valence-corrected chi connectivity index (χ1v) is 11.3. The number of phenolic OH excluding ortho intramolecular Hbond substituents is 1. The van der Waals surface area contributed by atoms with Gasteiger partial charge < -0.3 is 10.0 Å². The van der Waals surface area contributed by atoms with Crippen LogP contribution in [0, 0.1) is 10.8 Å². The second-order valence-corrected chi connectivity index (χ2v) is 10.3. The van der Waals surface area contributed by atoms with Gasteiger partial charge >= 0.3 is 0 Å². The molecule has 2 aromatic heterocycles. The molecule has 3 aromatic rings. The maximum atomic E-state index is 15.6. The third-order valence-electron chi connectivity index (χ3n) is 7.48. The van der Waals surface area contributed by atoms with Crippen LogP contribution < -0.4 is 4.90 Å². The van der Waals surface area contributed by atoms with Gasteiger partial charge in [0.2, 0.25) is 5.82 Å². The maximum Gasteiger partial charge on any atom is 0.205 e. The van der Waals surface area contributed by atoms with Crippen molar-refractivity contribution >= 4 is 5.82 Å². The molecule has 174 valence electrons. The average Bonchev–Trinajstić information content (AvgIpc) is 3.22. The lowest BCUT2D eigenvalue weighted by Gasteiger charge is -2.55. The summed E-state index contributed by atoms with van der Waals surface area (Å²) in [6, 6.07) is 4.75. The second-order valence-electron chi connectivity index (χ2n) is 10.3. The number of tetrazole rings is 1. The van der Waals surface area contributed by atoms with Crippen molar-refractivity contribution in [3.8, 4) is 28.5 Å². The summed E-state index contributed by atoms with van der Waals surface area (Å²) in [6.45, 7) is 4.37. The molecule has 2 heterocycles. The second kappa shape index (κ2) is 7.71. The molecule has 10 heteroatoms. The van der Waals surface area contributed by atoms with Crippen LogP contribution in [0.1, 0.15) is 46.0 Å². The molecule has 2 saturated carbocycles. The number of aromatic hydroxyl groups is 1. The highest BCUT2D eigenvalue weighted by Gasteiger charge is 2.54. The Morgan fingerprint density at radius 1 is 1.15 bits per heavy atom. The van der Waals surface area contributed by atoms with E-state index in [1.807, 2.05) is 11.9 Å². The summed E-state index contributed by atoms with van der Waals surface area (Å²) in [7, 11) is 3.55. The number of fused-ring (bicyclic) bond motifs is 2. The van der Waals surface area contributed by atoms with E-state index in [4.69, 9.17) is 0 Å². The van der Waals surface area contributed by atoms with Crippen LogP contribution >= 0.6 is 0 Å². The number of aryl methyl sites for hydroxylation is 1. The topological polar surface area (TPSA) is 106 Å². The molecular formula is C23H29FN8O. The molecule has 2 aliphatic carbocycles. The zero-order valence-corrected chi connectivity index (χ0v) is 19.4. The first kappa shape index (κ1) is 21.7. The van der Waals surface area contributed by atoms with Gasteiger partial charge in [0.25, 0.3) is 0 Å². The number of hydrogen-bond acceptors (Lipinski definition) is 8. The molecule has 0 spiro atoms. The fourth-order valence-corrected chi connectivity index (χ4v) is 5.87. The normalized spacial score (nSPS) is 29.1. The first-order valence-electron chi connectivity index (χ1n) is 11.3. The molecule has 0 amide bonds. The zero-order valence-electron chi connectivity index (χ0n) is 19.4. The van der Waals surface area contributed by atoms with Gasteiger partial charge in [-0.25, -0.2) is 9.37 Å². The van der Waals surface area contributed by atoms with Crippen molar-refractivity contribution in [1.82, 2.24) is 35.4 Å². The van der Waals surface area contributed by atoms with Crippen molar-refractivity contribution in [1.29, 1.82) is 0 Å². The molecule has 1 aromatic carbocycles. The van der Waals surface area contributed by atoms with Gasteiger partial charge in [0.15, 0.2) is 11.6 Å². The number of phenols is 1. The number of rotatable bonds is 4. The SMILES string of the molecule is CN(c1cnc(-c2ccc(-c3nnn(C)n3)cc2O)nn1)[C@@H]1C[C@@]2(C)CCC[C@](C)(C2)[C@@H]1F. The summed E-state index contributed by atoms with van der Waals surface area (Å²) in [5.74, 6) is 1.22. The van der Waals surface area contributed by atoms with Crippen LogP contribution in [-0.4, -0.2) is 59.8 Å². The van der Waals surface area contributed by atoms with Crippen molar-refractivity contribution < 1.29 is 9.50 Å². The number of alkyl halides is 1. The van der Waals surface area contributed by atoms with E-state index in [-0.39, 0.29) is 22.6 Å². The number of nitrogens with zero attached hydrogens (tertiary/aromatic N) is 8. The quantitative estimate of drug-likeness (QED) is 0.640. The minimum Gasteiger partial charge on any atom is -0.507 e. The summed E-state index contributed by atoms with van der Waals surface area (Å²) >= 11 is 0. The van der Waals surface area contributed by atoms with Gasteiger partial charge in [0.05, 0.1) is 24.8 Å². The van der Waals surface area contributed by atoms with Gasteiger partial charge in [-0.2, -0.15) is 4.80 Å². The molecule has 0 unspecified atom stereocenters. The lowest BCUT2D eigenvalue weighted by molar-refractivity contribution is -0.0540. The largest absolute Gasteiger partial charge is 0.507 e. The van der Waals surface area contributed by atoms with Crippen LogP contribution in [0.25, 0.3) is 22.8 Å². The Balaban J connectivity index is 1.37. The fraction of sp³-hybridized carbons (Fsp3) is 0.565. The average molecular weight is 453 g/mol. The van der Waals surface area contributed by atoms with E-state index in [0.29, 0.717) is 28.6 Å². The summed E-state index contributed by atoms with van der Waals surface area (Å²) in [6.07, 6.45) is 5.56. The van der Waals surface area contributed by atoms with Crippen molar-refractivity contribution in [2.75, 3.05) is 11.9 Å². The highest BCUT2D eigenvalue weighted by Crippen LogP contribution is 2.57. The van der Waals surface area contributed by atoms with Gasteiger partial charge in [-0.3, -0.25) is 0 Å². The van der Waals surface area contributed by atoms with Crippen LogP contribution in [0.2, 0.25) is 0 Å². The van der Waals surface area contributed by atoms with Gasteiger partial charge in [-0.15, -0.1) is 20.4 Å². The Morgan fingerprint density at radius 3 is 2.64 bits per heavy atom. The van der Waals surface area contributed by atoms with E-state index >= 15 is 4.39 Å². The molecular weight excluding hydrogens is 423 g/mol. The molecule has 2 aliphatic rings. The molecule has 9 nitrogen and oxygen atoms in total. The predicted molar refractivity (Wildman–Crippen MR) is 121 cm³/mol. The highest BCUT2D eigenvalue weighted by atomic mass is 19.1. The Bertz CT molecular complexity index is 1170. The van der Waals surface area contributed by atoms with Crippen LogP contribution in [0.5, 0.6) is 5.75 Å². The van der Waals surface area contributed by atoms with Crippen LogP contribution in [0.4, 0.5) is 10.2 Å². The number of anilines is 1. The summed E-state index contributed by atoms with van der Waals surface area (Å²) < 4.78 is 15.6. The lowest BCUT2D eigenvalue weighted by atomic mass is 9.54. The number of aromatic nitrogens is 7. The molecule has 2 fully saturated rings. The minimum absolute atomic E-state index is 0.00682. The summed E-state index contributed by atoms with van der Waals surface area (Å²) in [5.41, 5.74) is 0.935. The Labute approximate surface area is 192 Å². The number of benzene rings is 1. The van der Waals surface area contributed by atoms with Crippen LogP contribution in [0.3, 0.4) is 0 Å². The first-order chi connectivity index (χ1) is 15.7. The Kier molecular flexibility index (Phi) is 5.06. The van der Waals surface area contributed by atoms with E-state index in [1.165, 1.54) is 4.80 Å². The highest BCUT2D eigenvalue weighted by molar-refractivity contribution is 5.69. The van der Waals surface area contributed by atoms with Crippen molar-refractivity contribution in [3.63, 3.8) is 0 Å². The lowest BCUT2D eigenvalue weighted by Crippen LogP contribution is -2.57. The van der Waals surface area contributed by atoms with Gasteiger partial charge in [-0.1, -0.05) is 26.3 Å². The van der Waals surface area contributed by atoms with Gasteiger partial charge in [-0.05, 0) is 48.4 Å². The Hall–Kier alpha value is -3.17. The third kappa shape index (κ3) is 3.81. The minimum atomic E-state index is -0.927.